The number of amides is 3. The van der Waals surface area contributed by atoms with Crippen LogP contribution < -0.4 is 10.6 Å². The fraction of sp³-hybridized carbons (Fsp3) is 0.516. The Morgan fingerprint density at radius 2 is 1.47 bits per heavy atom. The van der Waals surface area contributed by atoms with Gasteiger partial charge in [0, 0.05) is 18.5 Å². The minimum atomic E-state index is -0.918. The van der Waals surface area contributed by atoms with Crippen molar-refractivity contribution < 1.29 is 19.1 Å². The van der Waals surface area contributed by atoms with Gasteiger partial charge in [-0.25, -0.2) is 4.79 Å². The van der Waals surface area contributed by atoms with Gasteiger partial charge in [0.2, 0.25) is 11.8 Å². The molecule has 7 nitrogen and oxygen atoms in total. The van der Waals surface area contributed by atoms with Gasteiger partial charge in [0.15, 0.2) is 0 Å². The Kier molecular flexibility index (Phi) is 10.9. The minimum Gasteiger partial charge on any atom is -0.444 e. The van der Waals surface area contributed by atoms with Gasteiger partial charge in [-0.05, 0) is 71.1 Å². The van der Waals surface area contributed by atoms with Gasteiger partial charge in [0.25, 0.3) is 0 Å². The van der Waals surface area contributed by atoms with Crippen molar-refractivity contribution in [1.82, 2.24) is 15.5 Å². The second-order valence-electron chi connectivity index (χ2n) is 11.7. The van der Waals surface area contributed by atoms with E-state index in [2.05, 4.69) is 17.6 Å². The highest BCUT2D eigenvalue weighted by atomic mass is 16.6. The first-order valence-corrected chi connectivity index (χ1v) is 13.5. The first-order chi connectivity index (χ1) is 17.7. The lowest BCUT2D eigenvalue weighted by Gasteiger charge is -2.36. The number of carbonyl (C=O) groups is 3. The number of aryl methyl sites for hydroxylation is 1. The first-order valence-electron chi connectivity index (χ1n) is 13.5. The Balaban J connectivity index is 2.53. The number of nitrogens with one attached hydrogen (secondary N) is 2. The molecule has 0 saturated heterocycles. The van der Waals surface area contributed by atoms with Crippen LogP contribution in [0.3, 0.4) is 0 Å². The third kappa shape index (κ3) is 9.84. The molecule has 2 rings (SSSR count). The predicted octanol–water partition coefficient (Wildman–Crippen LogP) is 5.58. The molecule has 3 amide bonds. The van der Waals surface area contributed by atoms with Crippen LogP contribution in [0.1, 0.15) is 84.5 Å². The SMILES string of the molecule is CCCN(C(=O)C(Cc1ccccc1)NC(=O)OC(C)(C)C)C(C(=O)NC(C)(C)C)c1ccc(CC)cc1. The summed E-state index contributed by atoms with van der Waals surface area (Å²) in [5, 5.41) is 5.84. The summed E-state index contributed by atoms with van der Waals surface area (Å²) in [5.41, 5.74) is 1.55. The number of alkyl carbamates (subject to hydrolysis) is 1. The standard InChI is InChI=1S/C31H45N3O4/c1-9-20-34(26(27(35)33-30(3,4)5)24-18-16-22(10-2)17-19-24)28(36)25(21-23-14-12-11-13-15-23)32-29(37)38-31(6,7)8/h11-19,25-26H,9-10,20-21H2,1-8H3,(H,32,37)(H,33,35). The monoisotopic (exact) mass is 523 g/mol. The van der Waals surface area contributed by atoms with Crippen molar-refractivity contribution in [3.63, 3.8) is 0 Å². The Morgan fingerprint density at radius 3 is 1.97 bits per heavy atom. The molecule has 0 aromatic heterocycles. The zero-order valence-corrected chi connectivity index (χ0v) is 24.3. The Labute approximate surface area is 228 Å². The second kappa shape index (κ2) is 13.4. The molecule has 0 aliphatic rings. The summed E-state index contributed by atoms with van der Waals surface area (Å²) in [4.78, 5) is 42.3. The van der Waals surface area contributed by atoms with Gasteiger partial charge in [-0.1, -0.05) is 68.4 Å². The summed E-state index contributed by atoms with van der Waals surface area (Å²) >= 11 is 0. The number of benzene rings is 2. The van der Waals surface area contributed by atoms with E-state index >= 15 is 0 Å². The van der Waals surface area contributed by atoms with Crippen molar-refractivity contribution in [3.8, 4) is 0 Å². The van der Waals surface area contributed by atoms with Crippen molar-refractivity contribution >= 4 is 17.9 Å². The van der Waals surface area contributed by atoms with Crippen LogP contribution in [0.25, 0.3) is 0 Å². The Morgan fingerprint density at radius 1 is 0.868 bits per heavy atom. The van der Waals surface area contributed by atoms with Gasteiger partial charge in [-0.3, -0.25) is 9.59 Å². The number of rotatable bonds is 10. The second-order valence-corrected chi connectivity index (χ2v) is 11.7. The Bertz CT molecular complexity index is 1050. The highest BCUT2D eigenvalue weighted by Gasteiger charge is 2.37. The fourth-order valence-electron chi connectivity index (χ4n) is 4.15. The fourth-order valence-corrected chi connectivity index (χ4v) is 4.15. The average Bonchev–Trinajstić information content (AvgIpc) is 2.81. The third-order valence-corrected chi connectivity index (χ3v) is 5.78. The highest BCUT2D eigenvalue weighted by Crippen LogP contribution is 2.25. The van der Waals surface area contributed by atoms with E-state index in [0.29, 0.717) is 13.0 Å². The van der Waals surface area contributed by atoms with Crippen LogP contribution in [-0.4, -0.2) is 46.5 Å². The molecular formula is C31H45N3O4. The van der Waals surface area contributed by atoms with E-state index in [1.54, 1.807) is 25.7 Å². The first kappa shape index (κ1) is 30.9. The van der Waals surface area contributed by atoms with E-state index in [4.69, 9.17) is 4.74 Å². The van der Waals surface area contributed by atoms with Crippen molar-refractivity contribution in [1.29, 1.82) is 0 Å². The maximum absolute atomic E-state index is 14.2. The number of nitrogens with zero attached hydrogens (tertiary/aromatic N) is 1. The number of hydrogen-bond donors (Lipinski definition) is 2. The molecule has 2 N–H and O–H groups in total. The van der Waals surface area contributed by atoms with Gasteiger partial charge in [-0.2, -0.15) is 0 Å². The average molecular weight is 524 g/mol. The molecule has 2 aromatic carbocycles. The summed E-state index contributed by atoms with van der Waals surface area (Å²) in [6.45, 7) is 15.4. The highest BCUT2D eigenvalue weighted by molar-refractivity contribution is 5.92. The van der Waals surface area contributed by atoms with Crippen molar-refractivity contribution in [3.05, 3.63) is 71.3 Å². The molecular weight excluding hydrogens is 478 g/mol. The van der Waals surface area contributed by atoms with E-state index in [-0.39, 0.29) is 18.2 Å². The molecule has 0 bridgehead atoms. The number of ether oxygens (including phenoxy) is 1. The summed E-state index contributed by atoms with van der Waals surface area (Å²) in [6.07, 6.45) is 1.10. The van der Waals surface area contributed by atoms with Crippen molar-refractivity contribution in [2.45, 2.75) is 97.9 Å². The van der Waals surface area contributed by atoms with Crippen LogP contribution in [0.15, 0.2) is 54.6 Å². The van der Waals surface area contributed by atoms with E-state index < -0.39 is 29.3 Å². The normalized spacial score (nSPS) is 13.3. The third-order valence-electron chi connectivity index (χ3n) is 5.78. The summed E-state index contributed by atoms with van der Waals surface area (Å²) < 4.78 is 5.48. The summed E-state index contributed by atoms with van der Waals surface area (Å²) in [6, 6.07) is 15.5. The molecule has 0 heterocycles. The lowest BCUT2D eigenvalue weighted by Crippen LogP contribution is -2.55. The largest absolute Gasteiger partial charge is 0.444 e. The van der Waals surface area contributed by atoms with Crippen LogP contribution in [-0.2, 0) is 27.2 Å². The van der Waals surface area contributed by atoms with Gasteiger partial charge in [0.1, 0.15) is 17.7 Å². The minimum absolute atomic E-state index is 0.265. The lowest BCUT2D eigenvalue weighted by molar-refractivity contribution is -0.143. The lowest BCUT2D eigenvalue weighted by atomic mass is 9.97. The molecule has 38 heavy (non-hydrogen) atoms. The van der Waals surface area contributed by atoms with Crippen LogP contribution in [0.2, 0.25) is 0 Å². The van der Waals surface area contributed by atoms with Gasteiger partial charge in [-0.15, -0.1) is 0 Å². The molecule has 7 heteroatoms. The number of hydrogen-bond acceptors (Lipinski definition) is 4. The topological polar surface area (TPSA) is 87.7 Å². The van der Waals surface area contributed by atoms with Crippen molar-refractivity contribution in [2.75, 3.05) is 6.54 Å². The van der Waals surface area contributed by atoms with Crippen LogP contribution in [0.4, 0.5) is 4.79 Å². The quantitative estimate of drug-likeness (QED) is 0.426. The van der Waals surface area contributed by atoms with E-state index in [9.17, 15) is 14.4 Å². The summed E-state index contributed by atoms with van der Waals surface area (Å²) in [7, 11) is 0. The van der Waals surface area contributed by atoms with E-state index in [0.717, 1.165) is 23.1 Å². The maximum Gasteiger partial charge on any atom is 0.408 e. The van der Waals surface area contributed by atoms with E-state index in [1.807, 2.05) is 82.3 Å². The van der Waals surface area contributed by atoms with Gasteiger partial charge >= 0.3 is 6.09 Å². The molecule has 208 valence electrons. The zero-order chi connectivity index (χ0) is 28.5. The Hall–Kier alpha value is -3.35. The molecule has 0 aliphatic carbocycles. The van der Waals surface area contributed by atoms with E-state index in [1.165, 1.54) is 0 Å². The van der Waals surface area contributed by atoms with Gasteiger partial charge < -0.3 is 20.3 Å². The smallest absolute Gasteiger partial charge is 0.408 e. The molecule has 0 spiro atoms. The zero-order valence-electron chi connectivity index (χ0n) is 24.3. The molecule has 0 saturated carbocycles. The molecule has 2 aromatic rings. The molecule has 0 aliphatic heterocycles. The molecule has 2 unspecified atom stereocenters. The molecule has 2 atom stereocenters. The molecule has 0 radical (unpaired) electrons. The van der Waals surface area contributed by atoms with Crippen LogP contribution in [0, 0.1) is 0 Å². The van der Waals surface area contributed by atoms with Gasteiger partial charge in [0.05, 0.1) is 0 Å². The number of carbonyl (C=O) groups excluding carboxylic acids is 3. The van der Waals surface area contributed by atoms with Crippen LogP contribution in [0.5, 0.6) is 0 Å². The van der Waals surface area contributed by atoms with Crippen LogP contribution >= 0.6 is 0 Å². The predicted molar refractivity (Wildman–Crippen MR) is 152 cm³/mol. The van der Waals surface area contributed by atoms with Crippen molar-refractivity contribution in [2.24, 2.45) is 0 Å². The summed E-state index contributed by atoms with van der Waals surface area (Å²) in [5.74, 6) is -0.602. The molecule has 0 fully saturated rings. The maximum atomic E-state index is 14.2.